The second kappa shape index (κ2) is 7.99. The van der Waals surface area contributed by atoms with E-state index in [1.54, 1.807) is 6.92 Å². The summed E-state index contributed by atoms with van der Waals surface area (Å²) in [5.74, 6) is -4.96. The fourth-order valence-electron chi connectivity index (χ4n) is 2.28. The number of aromatic nitrogens is 2. The molecule has 1 heterocycles. The molecular weight excluding hydrogens is 389 g/mol. The second-order valence-corrected chi connectivity index (χ2v) is 6.02. The fraction of sp³-hybridized carbons (Fsp3) is 0.353. The van der Waals surface area contributed by atoms with Crippen LogP contribution in [-0.2, 0) is 15.5 Å². The summed E-state index contributed by atoms with van der Waals surface area (Å²) < 4.78 is 51.8. The monoisotopic (exact) mass is 404 g/mol. The van der Waals surface area contributed by atoms with Crippen molar-refractivity contribution < 1.29 is 27.4 Å². The minimum atomic E-state index is -3.28. The Labute approximate surface area is 157 Å². The molecule has 0 aliphatic heterocycles. The van der Waals surface area contributed by atoms with E-state index >= 15 is 0 Å². The van der Waals surface area contributed by atoms with Crippen LogP contribution in [0.4, 0.5) is 13.2 Å². The lowest BCUT2D eigenvalue weighted by molar-refractivity contribution is -0.145. The van der Waals surface area contributed by atoms with Crippen molar-refractivity contribution in [2.24, 2.45) is 0 Å². The molecule has 0 aliphatic carbocycles. The van der Waals surface area contributed by atoms with Crippen LogP contribution >= 0.6 is 11.6 Å². The Morgan fingerprint density at radius 3 is 2.63 bits per heavy atom. The van der Waals surface area contributed by atoms with Gasteiger partial charge in [-0.2, -0.15) is 9.78 Å². The maximum absolute atomic E-state index is 14.3. The molecule has 2 rings (SSSR count). The SMILES string of the molecule is CCOC(=O)COc1cc(-n2ncc(C(C)(F)F)c(C)c2=O)c(F)cc1Cl. The van der Waals surface area contributed by atoms with E-state index in [1.807, 2.05) is 0 Å². The quantitative estimate of drug-likeness (QED) is 0.690. The molecule has 0 bridgehead atoms. The number of rotatable bonds is 6. The number of nitrogens with zero attached hydrogens (tertiary/aromatic N) is 2. The lowest BCUT2D eigenvalue weighted by Crippen LogP contribution is -2.28. The van der Waals surface area contributed by atoms with Crippen molar-refractivity contribution in [2.45, 2.75) is 26.7 Å². The average molecular weight is 405 g/mol. The maximum atomic E-state index is 14.3. The first-order valence-electron chi connectivity index (χ1n) is 7.81. The summed E-state index contributed by atoms with van der Waals surface area (Å²) >= 11 is 5.88. The summed E-state index contributed by atoms with van der Waals surface area (Å²) in [6.07, 6.45) is 0.796. The van der Waals surface area contributed by atoms with Crippen molar-refractivity contribution >= 4 is 17.6 Å². The van der Waals surface area contributed by atoms with E-state index in [2.05, 4.69) is 5.10 Å². The Bertz CT molecular complexity index is 926. The number of alkyl halides is 2. The van der Waals surface area contributed by atoms with Gasteiger partial charge in [-0.05, 0) is 19.9 Å². The molecule has 146 valence electrons. The number of halogens is 4. The molecule has 0 spiro atoms. The molecular formula is C17H16ClF3N2O4. The van der Waals surface area contributed by atoms with Crippen LogP contribution in [-0.4, -0.2) is 29.0 Å². The highest BCUT2D eigenvalue weighted by molar-refractivity contribution is 6.32. The molecule has 0 radical (unpaired) electrons. The Kier molecular flexibility index (Phi) is 6.15. The number of hydrogen-bond donors (Lipinski definition) is 0. The second-order valence-electron chi connectivity index (χ2n) is 5.62. The largest absolute Gasteiger partial charge is 0.480 e. The molecule has 0 atom stereocenters. The van der Waals surface area contributed by atoms with Crippen LogP contribution < -0.4 is 10.3 Å². The Balaban J connectivity index is 2.47. The standard InChI is InChI=1S/C17H16ClF3N2O4/c1-4-26-15(24)8-27-14-6-13(12(19)5-11(14)18)23-16(25)9(2)10(7-22-23)17(3,20)21/h5-7H,4,8H2,1-3H3. The molecule has 2 aromatic rings. The highest BCUT2D eigenvalue weighted by atomic mass is 35.5. The van der Waals surface area contributed by atoms with Crippen LogP contribution in [0.3, 0.4) is 0 Å². The zero-order valence-electron chi connectivity index (χ0n) is 14.7. The highest BCUT2D eigenvalue weighted by Crippen LogP contribution is 2.30. The van der Waals surface area contributed by atoms with Crippen molar-refractivity contribution in [3.05, 3.63) is 50.7 Å². The lowest BCUT2D eigenvalue weighted by Gasteiger charge is -2.15. The van der Waals surface area contributed by atoms with Gasteiger partial charge < -0.3 is 9.47 Å². The lowest BCUT2D eigenvalue weighted by atomic mass is 10.1. The molecule has 10 heteroatoms. The minimum Gasteiger partial charge on any atom is -0.480 e. The van der Waals surface area contributed by atoms with E-state index < -0.39 is 35.4 Å². The van der Waals surface area contributed by atoms with Crippen molar-refractivity contribution in [1.29, 1.82) is 0 Å². The Hall–Kier alpha value is -2.55. The summed E-state index contributed by atoms with van der Waals surface area (Å²) in [7, 11) is 0. The molecule has 1 aromatic carbocycles. The first kappa shape index (κ1) is 20.8. The maximum Gasteiger partial charge on any atom is 0.344 e. The van der Waals surface area contributed by atoms with Crippen LogP contribution in [0.1, 0.15) is 25.0 Å². The zero-order valence-corrected chi connectivity index (χ0v) is 15.4. The first-order valence-corrected chi connectivity index (χ1v) is 8.19. The number of ether oxygens (including phenoxy) is 2. The normalized spacial score (nSPS) is 11.4. The zero-order chi connectivity index (χ0) is 20.4. The van der Waals surface area contributed by atoms with E-state index in [0.717, 1.165) is 18.3 Å². The summed E-state index contributed by atoms with van der Waals surface area (Å²) in [6.45, 7) is 3.10. The van der Waals surface area contributed by atoms with Gasteiger partial charge >= 0.3 is 5.97 Å². The van der Waals surface area contributed by atoms with Gasteiger partial charge in [-0.15, -0.1) is 0 Å². The average Bonchev–Trinajstić information content (AvgIpc) is 2.56. The van der Waals surface area contributed by atoms with Gasteiger partial charge in [-0.1, -0.05) is 11.6 Å². The number of esters is 1. The molecule has 1 aromatic heterocycles. The molecule has 0 saturated carbocycles. The van der Waals surface area contributed by atoms with E-state index in [4.69, 9.17) is 21.1 Å². The highest BCUT2D eigenvalue weighted by Gasteiger charge is 2.29. The summed E-state index contributed by atoms with van der Waals surface area (Å²) in [5.41, 5.74) is -2.12. The summed E-state index contributed by atoms with van der Waals surface area (Å²) in [4.78, 5) is 23.8. The summed E-state index contributed by atoms with van der Waals surface area (Å²) in [6, 6.07) is 1.91. The van der Waals surface area contributed by atoms with Crippen LogP contribution in [0.2, 0.25) is 5.02 Å². The molecule has 0 fully saturated rings. The smallest absolute Gasteiger partial charge is 0.344 e. The number of benzene rings is 1. The Morgan fingerprint density at radius 2 is 2.04 bits per heavy atom. The van der Waals surface area contributed by atoms with Gasteiger partial charge in [0.15, 0.2) is 12.4 Å². The first-order chi connectivity index (χ1) is 12.6. The molecule has 0 saturated heterocycles. The molecule has 0 aliphatic rings. The number of hydrogen-bond acceptors (Lipinski definition) is 5. The van der Waals surface area contributed by atoms with E-state index in [-0.39, 0.29) is 28.6 Å². The number of carbonyl (C=O) groups is 1. The van der Waals surface area contributed by atoms with Crippen molar-refractivity contribution in [3.8, 4) is 11.4 Å². The van der Waals surface area contributed by atoms with E-state index in [9.17, 15) is 22.8 Å². The third kappa shape index (κ3) is 4.60. The molecule has 0 unspecified atom stereocenters. The van der Waals surface area contributed by atoms with Gasteiger partial charge in [-0.3, -0.25) is 4.79 Å². The van der Waals surface area contributed by atoms with E-state index in [1.165, 1.54) is 6.92 Å². The van der Waals surface area contributed by atoms with Crippen molar-refractivity contribution in [2.75, 3.05) is 13.2 Å². The van der Waals surface area contributed by atoms with Crippen LogP contribution in [0.5, 0.6) is 5.75 Å². The van der Waals surface area contributed by atoms with Gasteiger partial charge in [0, 0.05) is 24.1 Å². The molecule has 6 nitrogen and oxygen atoms in total. The van der Waals surface area contributed by atoms with Crippen LogP contribution in [0.25, 0.3) is 5.69 Å². The predicted octanol–water partition coefficient (Wildman–Crippen LogP) is 3.39. The van der Waals surface area contributed by atoms with Gasteiger partial charge in [0.05, 0.1) is 17.8 Å². The van der Waals surface area contributed by atoms with E-state index in [0.29, 0.717) is 11.6 Å². The molecule has 0 amide bonds. The minimum absolute atomic E-state index is 0.0997. The van der Waals surface area contributed by atoms with Gasteiger partial charge in [0.1, 0.15) is 11.4 Å². The third-order valence-electron chi connectivity index (χ3n) is 3.57. The van der Waals surface area contributed by atoms with Gasteiger partial charge in [0.2, 0.25) is 0 Å². The third-order valence-corrected chi connectivity index (χ3v) is 3.87. The number of carbonyl (C=O) groups excluding carboxylic acids is 1. The van der Waals surface area contributed by atoms with Gasteiger partial charge in [-0.25, -0.2) is 18.0 Å². The van der Waals surface area contributed by atoms with Crippen LogP contribution in [0.15, 0.2) is 23.1 Å². The topological polar surface area (TPSA) is 70.4 Å². The molecule has 27 heavy (non-hydrogen) atoms. The Morgan fingerprint density at radius 1 is 1.37 bits per heavy atom. The van der Waals surface area contributed by atoms with Crippen LogP contribution in [0, 0.1) is 12.7 Å². The van der Waals surface area contributed by atoms with Crippen molar-refractivity contribution in [3.63, 3.8) is 0 Å². The fourth-order valence-corrected chi connectivity index (χ4v) is 2.49. The van der Waals surface area contributed by atoms with Gasteiger partial charge in [0.25, 0.3) is 11.5 Å². The predicted molar refractivity (Wildman–Crippen MR) is 91.2 cm³/mol. The van der Waals surface area contributed by atoms with Crippen molar-refractivity contribution in [1.82, 2.24) is 9.78 Å². The molecule has 0 N–H and O–H groups in total. The summed E-state index contributed by atoms with van der Waals surface area (Å²) in [5, 5.41) is 3.48.